The van der Waals surface area contributed by atoms with Crippen molar-refractivity contribution in [1.82, 2.24) is 9.38 Å². The highest BCUT2D eigenvalue weighted by Gasteiger charge is 2.35. The molecule has 0 saturated carbocycles. The number of hydrogen-bond donors (Lipinski definition) is 0. The Hall–Kier alpha value is -5.77. The molecule has 10 aromatic rings. The van der Waals surface area contributed by atoms with Crippen LogP contribution in [0.4, 0.5) is 0 Å². The van der Waals surface area contributed by atoms with E-state index in [0.29, 0.717) is 0 Å². The summed E-state index contributed by atoms with van der Waals surface area (Å²) in [6, 6.07) is 53.8. The van der Waals surface area contributed by atoms with Crippen molar-refractivity contribution in [3.8, 4) is 33.5 Å². The lowest BCUT2D eigenvalue weighted by atomic mass is 9.82. The first-order valence-electron chi connectivity index (χ1n) is 17.0. The summed E-state index contributed by atoms with van der Waals surface area (Å²) in [7, 11) is 0. The molecule has 0 spiro atoms. The maximum absolute atomic E-state index is 5.43. The Labute approximate surface area is 287 Å². The second kappa shape index (κ2) is 9.65. The number of pyridine rings is 1. The number of hydrogen-bond acceptors (Lipinski definition) is 2. The fourth-order valence-corrected chi connectivity index (χ4v) is 9.80. The lowest BCUT2D eigenvalue weighted by Gasteiger charge is -2.21. The Bertz CT molecular complexity index is 3010. The molecule has 1 aliphatic rings. The lowest BCUT2D eigenvalue weighted by molar-refractivity contribution is 0.660. The third-order valence-corrected chi connectivity index (χ3v) is 12.2. The van der Waals surface area contributed by atoms with E-state index >= 15 is 0 Å². The summed E-state index contributed by atoms with van der Waals surface area (Å²) >= 11 is 1.87. The molecule has 0 atom stereocenters. The molecule has 0 fully saturated rings. The van der Waals surface area contributed by atoms with Crippen LogP contribution in [0.3, 0.4) is 0 Å². The maximum Gasteiger partial charge on any atom is 0.156 e. The van der Waals surface area contributed by atoms with E-state index in [0.717, 1.165) is 22.4 Å². The van der Waals surface area contributed by atoms with Gasteiger partial charge in [0.2, 0.25) is 0 Å². The average molecular weight is 643 g/mol. The van der Waals surface area contributed by atoms with Gasteiger partial charge in [-0.05, 0) is 73.3 Å². The molecular weight excluding hydrogens is 613 g/mol. The zero-order valence-electron chi connectivity index (χ0n) is 27.2. The van der Waals surface area contributed by atoms with Crippen molar-refractivity contribution in [1.29, 1.82) is 0 Å². The van der Waals surface area contributed by atoms with Crippen molar-refractivity contribution < 1.29 is 0 Å². The SMILES string of the molecule is CC1(C)c2ccccc2-c2cc(-c3ccc(-c4cc5c6ccc7ccccc7c6sc5c5nc6c7ccccc7ccc6n45)cc3)ccc21. The number of nitrogens with zero attached hydrogens (tertiary/aromatic N) is 2. The van der Waals surface area contributed by atoms with Gasteiger partial charge in [-0.25, -0.2) is 4.98 Å². The molecule has 0 amide bonds. The van der Waals surface area contributed by atoms with E-state index in [4.69, 9.17) is 4.98 Å². The molecule has 0 bridgehead atoms. The Balaban J connectivity index is 1.14. The van der Waals surface area contributed by atoms with Gasteiger partial charge in [0.25, 0.3) is 0 Å². The number of rotatable bonds is 2. The number of imidazole rings is 1. The fourth-order valence-electron chi connectivity index (χ4n) is 8.51. The topological polar surface area (TPSA) is 17.3 Å². The van der Waals surface area contributed by atoms with Gasteiger partial charge in [0.1, 0.15) is 0 Å². The van der Waals surface area contributed by atoms with E-state index in [1.54, 1.807) is 0 Å². The van der Waals surface area contributed by atoms with Crippen LogP contribution in [0.5, 0.6) is 0 Å². The van der Waals surface area contributed by atoms with Gasteiger partial charge in [-0.1, -0.05) is 141 Å². The zero-order chi connectivity index (χ0) is 32.4. The van der Waals surface area contributed by atoms with Gasteiger partial charge in [-0.15, -0.1) is 11.3 Å². The molecule has 0 N–H and O–H groups in total. The van der Waals surface area contributed by atoms with Crippen LogP contribution in [0.1, 0.15) is 25.0 Å². The van der Waals surface area contributed by atoms with Crippen LogP contribution in [-0.4, -0.2) is 9.38 Å². The van der Waals surface area contributed by atoms with Crippen molar-refractivity contribution in [3.63, 3.8) is 0 Å². The second-order valence-corrected chi connectivity index (χ2v) is 15.0. The summed E-state index contributed by atoms with van der Waals surface area (Å²) in [5, 5.41) is 7.52. The lowest BCUT2D eigenvalue weighted by Crippen LogP contribution is -2.14. The van der Waals surface area contributed by atoms with E-state index < -0.39 is 0 Å². The van der Waals surface area contributed by atoms with Gasteiger partial charge in [0, 0.05) is 26.3 Å². The van der Waals surface area contributed by atoms with Crippen molar-refractivity contribution in [3.05, 3.63) is 157 Å². The Morgan fingerprint density at radius 3 is 2.04 bits per heavy atom. The highest BCUT2D eigenvalue weighted by Crippen LogP contribution is 2.50. The van der Waals surface area contributed by atoms with Gasteiger partial charge in [-0.2, -0.15) is 0 Å². The summed E-state index contributed by atoms with van der Waals surface area (Å²) < 4.78 is 4.94. The molecule has 0 aliphatic heterocycles. The molecule has 0 saturated heterocycles. The van der Waals surface area contributed by atoms with Gasteiger partial charge >= 0.3 is 0 Å². The summed E-state index contributed by atoms with van der Waals surface area (Å²) in [4.78, 5) is 5.43. The van der Waals surface area contributed by atoms with E-state index in [1.807, 2.05) is 11.3 Å². The minimum absolute atomic E-state index is 0.00927. The highest BCUT2D eigenvalue weighted by atomic mass is 32.1. The zero-order valence-corrected chi connectivity index (χ0v) is 28.0. The Kier molecular flexibility index (Phi) is 5.36. The van der Waals surface area contributed by atoms with Crippen LogP contribution in [0, 0.1) is 0 Å². The van der Waals surface area contributed by atoms with E-state index in [2.05, 4.69) is 164 Å². The molecular formula is C46H30N2S. The van der Waals surface area contributed by atoms with E-state index in [1.165, 1.54) is 80.7 Å². The Morgan fingerprint density at radius 2 is 1.18 bits per heavy atom. The van der Waals surface area contributed by atoms with Crippen LogP contribution < -0.4 is 0 Å². The molecule has 0 unspecified atom stereocenters. The Morgan fingerprint density at radius 1 is 0.510 bits per heavy atom. The van der Waals surface area contributed by atoms with E-state index in [9.17, 15) is 0 Å². The van der Waals surface area contributed by atoms with Gasteiger partial charge in [-0.3, -0.25) is 4.40 Å². The number of benzene rings is 7. The average Bonchev–Trinajstić information content (AvgIpc) is 3.80. The molecule has 49 heavy (non-hydrogen) atoms. The molecule has 11 rings (SSSR count). The number of aromatic nitrogens is 2. The molecule has 2 nitrogen and oxygen atoms in total. The molecule has 0 radical (unpaired) electrons. The standard InChI is InChI=1S/C46H30N2S/c1-46(2)38-14-8-7-13-34(38)36-25-31(20-23-39(36)46)27-15-17-30(18-16-27)41-26-37-35-22-19-29-10-4-6-12-33(29)43(35)49-44(37)45-47-42-32-11-5-3-9-28(32)21-24-40(42)48(41)45/h3-26H,1-2H3. The molecule has 3 heteroatoms. The van der Waals surface area contributed by atoms with Crippen LogP contribution in [0.15, 0.2) is 146 Å². The first-order chi connectivity index (χ1) is 24.0. The largest absolute Gasteiger partial charge is 0.291 e. The second-order valence-electron chi connectivity index (χ2n) is 14.0. The molecule has 7 aromatic carbocycles. The van der Waals surface area contributed by atoms with Crippen LogP contribution in [0.2, 0.25) is 0 Å². The van der Waals surface area contributed by atoms with Crippen molar-refractivity contribution in [2.24, 2.45) is 0 Å². The predicted molar refractivity (Wildman–Crippen MR) is 209 cm³/mol. The third kappa shape index (κ3) is 3.68. The third-order valence-electron chi connectivity index (χ3n) is 11.0. The smallest absolute Gasteiger partial charge is 0.156 e. The summed E-state index contributed by atoms with van der Waals surface area (Å²) in [5.74, 6) is 0. The van der Waals surface area contributed by atoms with Crippen LogP contribution in [0.25, 0.3) is 91.9 Å². The minimum Gasteiger partial charge on any atom is -0.291 e. The monoisotopic (exact) mass is 642 g/mol. The van der Waals surface area contributed by atoms with E-state index in [-0.39, 0.29) is 5.41 Å². The van der Waals surface area contributed by atoms with Gasteiger partial charge in [0.05, 0.1) is 21.4 Å². The highest BCUT2D eigenvalue weighted by molar-refractivity contribution is 7.27. The quantitative estimate of drug-likeness (QED) is 0.183. The summed E-state index contributed by atoms with van der Waals surface area (Å²) in [5.41, 5.74) is 13.5. The first kappa shape index (κ1) is 27.2. The van der Waals surface area contributed by atoms with Crippen LogP contribution >= 0.6 is 11.3 Å². The van der Waals surface area contributed by atoms with Crippen molar-refractivity contribution in [2.75, 3.05) is 0 Å². The van der Waals surface area contributed by atoms with Crippen molar-refractivity contribution >= 4 is 69.7 Å². The summed E-state index contributed by atoms with van der Waals surface area (Å²) in [6.45, 7) is 4.68. The predicted octanol–water partition coefficient (Wildman–Crippen LogP) is 12.8. The fraction of sp³-hybridized carbons (Fsp3) is 0.0652. The molecule has 3 aromatic heterocycles. The van der Waals surface area contributed by atoms with Gasteiger partial charge in [0.15, 0.2) is 5.65 Å². The number of thiophene rings is 1. The molecule has 1 aliphatic carbocycles. The number of fused-ring (bicyclic) bond motifs is 14. The maximum atomic E-state index is 5.43. The van der Waals surface area contributed by atoms with Gasteiger partial charge < -0.3 is 0 Å². The molecule has 230 valence electrons. The van der Waals surface area contributed by atoms with Crippen LogP contribution in [-0.2, 0) is 5.41 Å². The first-order valence-corrected chi connectivity index (χ1v) is 17.8. The minimum atomic E-state index is 0.00927. The normalized spacial score (nSPS) is 13.7. The molecule has 3 heterocycles. The summed E-state index contributed by atoms with van der Waals surface area (Å²) in [6.07, 6.45) is 0. The van der Waals surface area contributed by atoms with Crippen molar-refractivity contribution in [2.45, 2.75) is 19.3 Å².